The number of rotatable bonds is 4. The monoisotopic (exact) mass is 274 g/mol. The van der Waals surface area contributed by atoms with E-state index in [1.807, 2.05) is 0 Å². The van der Waals surface area contributed by atoms with Gasteiger partial charge in [0.2, 0.25) is 17.8 Å². The molecule has 0 spiro atoms. The van der Waals surface area contributed by atoms with E-state index in [1.165, 1.54) is 17.9 Å². The van der Waals surface area contributed by atoms with E-state index >= 15 is 0 Å². The fraction of sp³-hybridized carbons (Fsp3) is 0.167. The van der Waals surface area contributed by atoms with E-state index in [0.717, 1.165) is 0 Å². The van der Waals surface area contributed by atoms with Crippen LogP contribution in [0, 0.1) is 0 Å². The number of carbonyl (C=O) groups is 2. The number of carbonyl (C=O) groups excluding carboxylic acids is 2. The summed E-state index contributed by atoms with van der Waals surface area (Å²) in [4.78, 5) is 26.5. The van der Waals surface area contributed by atoms with Crippen LogP contribution < -0.4 is 16.4 Å². The molecule has 2 aromatic rings. The Morgan fingerprint density at radius 2 is 2.00 bits per heavy atom. The fourth-order valence-electron chi connectivity index (χ4n) is 1.61. The molecular weight excluding hydrogens is 260 g/mol. The summed E-state index contributed by atoms with van der Waals surface area (Å²) < 4.78 is 1.34. The molecule has 8 nitrogen and oxygen atoms in total. The maximum atomic E-state index is 11.8. The van der Waals surface area contributed by atoms with Gasteiger partial charge in [-0.1, -0.05) is 6.07 Å². The third kappa shape index (κ3) is 3.80. The molecular formula is C12H14N6O2. The van der Waals surface area contributed by atoms with Crippen molar-refractivity contribution in [2.75, 3.05) is 16.4 Å². The molecule has 0 fully saturated rings. The Morgan fingerprint density at radius 1 is 1.30 bits per heavy atom. The number of aromatic nitrogens is 3. The van der Waals surface area contributed by atoms with Crippen LogP contribution in [0.25, 0.3) is 0 Å². The van der Waals surface area contributed by atoms with Crippen LogP contribution in [-0.4, -0.2) is 26.6 Å². The van der Waals surface area contributed by atoms with Crippen LogP contribution in [-0.2, 0) is 16.1 Å². The smallest absolute Gasteiger partial charge is 0.246 e. The molecule has 2 rings (SSSR count). The fourth-order valence-corrected chi connectivity index (χ4v) is 1.61. The van der Waals surface area contributed by atoms with Gasteiger partial charge in [0.05, 0.1) is 0 Å². The Kier molecular flexibility index (Phi) is 3.94. The zero-order valence-corrected chi connectivity index (χ0v) is 10.8. The SMILES string of the molecule is CC(=O)Nc1cccc(NC(=O)Cn2cnc(N)n2)c1. The maximum Gasteiger partial charge on any atom is 0.246 e. The van der Waals surface area contributed by atoms with Crippen molar-refractivity contribution in [1.82, 2.24) is 14.8 Å². The summed E-state index contributed by atoms with van der Waals surface area (Å²) >= 11 is 0. The van der Waals surface area contributed by atoms with Crippen molar-refractivity contribution in [3.8, 4) is 0 Å². The molecule has 0 atom stereocenters. The van der Waals surface area contributed by atoms with Crippen LogP contribution >= 0.6 is 0 Å². The number of benzene rings is 1. The van der Waals surface area contributed by atoms with Crippen LogP contribution in [0.15, 0.2) is 30.6 Å². The normalized spacial score (nSPS) is 10.1. The van der Waals surface area contributed by atoms with Crippen LogP contribution in [0.2, 0.25) is 0 Å². The van der Waals surface area contributed by atoms with Crippen molar-refractivity contribution in [2.45, 2.75) is 13.5 Å². The lowest BCUT2D eigenvalue weighted by molar-refractivity contribution is -0.117. The quantitative estimate of drug-likeness (QED) is 0.749. The van der Waals surface area contributed by atoms with Gasteiger partial charge in [-0.15, -0.1) is 5.10 Å². The van der Waals surface area contributed by atoms with Gasteiger partial charge in [-0.2, -0.15) is 0 Å². The van der Waals surface area contributed by atoms with Crippen LogP contribution in [0.3, 0.4) is 0 Å². The highest BCUT2D eigenvalue weighted by Crippen LogP contribution is 2.15. The van der Waals surface area contributed by atoms with Gasteiger partial charge < -0.3 is 16.4 Å². The lowest BCUT2D eigenvalue weighted by atomic mass is 10.2. The number of nitrogen functional groups attached to an aromatic ring is 1. The van der Waals surface area contributed by atoms with Crippen molar-refractivity contribution in [2.24, 2.45) is 0 Å². The van der Waals surface area contributed by atoms with Crippen LogP contribution in [0.1, 0.15) is 6.92 Å². The van der Waals surface area contributed by atoms with E-state index < -0.39 is 0 Å². The maximum absolute atomic E-state index is 11.8. The molecule has 1 aromatic carbocycles. The first-order valence-electron chi connectivity index (χ1n) is 5.85. The second-order valence-corrected chi connectivity index (χ2v) is 4.11. The molecule has 0 aliphatic heterocycles. The van der Waals surface area contributed by atoms with Crippen molar-refractivity contribution < 1.29 is 9.59 Å². The van der Waals surface area contributed by atoms with Gasteiger partial charge in [-0.05, 0) is 18.2 Å². The third-order valence-electron chi connectivity index (χ3n) is 2.33. The summed E-state index contributed by atoms with van der Waals surface area (Å²) in [6.07, 6.45) is 1.38. The van der Waals surface area contributed by atoms with Crippen LogP contribution in [0.4, 0.5) is 17.3 Å². The van der Waals surface area contributed by atoms with E-state index in [1.54, 1.807) is 24.3 Å². The number of anilines is 3. The van der Waals surface area contributed by atoms with E-state index in [-0.39, 0.29) is 24.3 Å². The Labute approximate surface area is 115 Å². The highest BCUT2D eigenvalue weighted by Gasteiger charge is 2.06. The minimum atomic E-state index is -0.269. The van der Waals surface area contributed by atoms with Crippen molar-refractivity contribution in [3.63, 3.8) is 0 Å². The van der Waals surface area contributed by atoms with Gasteiger partial charge in [0, 0.05) is 18.3 Å². The average Bonchev–Trinajstić information content (AvgIpc) is 2.74. The van der Waals surface area contributed by atoms with E-state index in [2.05, 4.69) is 20.7 Å². The highest BCUT2D eigenvalue weighted by atomic mass is 16.2. The molecule has 20 heavy (non-hydrogen) atoms. The predicted octanol–water partition coefficient (Wildman–Crippen LogP) is 0.457. The molecule has 4 N–H and O–H groups in total. The Bertz CT molecular complexity index is 636. The van der Waals surface area contributed by atoms with Crippen molar-refractivity contribution in [3.05, 3.63) is 30.6 Å². The van der Waals surface area contributed by atoms with E-state index in [0.29, 0.717) is 11.4 Å². The minimum absolute atomic E-state index is 0.00850. The number of nitrogens with two attached hydrogens (primary N) is 1. The molecule has 104 valence electrons. The summed E-state index contributed by atoms with van der Waals surface area (Å²) in [6.45, 7) is 1.43. The van der Waals surface area contributed by atoms with Gasteiger partial charge >= 0.3 is 0 Å². The molecule has 1 aromatic heterocycles. The van der Waals surface area contributed by atoms with E-state index in [4.69, 9.17) is 5.73 Å². The van der Waals surface area contributed by atoms with E-state index in [9.17, 15) is 9.59 Å². The Morgan fingerprint density at radius 3 is 2.60 bits per heavy atom. The third-order valence-corrected chi connectivity index (χ3v) is 2.33. The van der Waals surface area contributed by atoms with Crippen molar-refractivity contribution in [1.29, 1.82) is 0 Å². The zero-order chi connectivity index (χ0) is 14.5. The number of hydrogen-bond acceptors (Lipinski definition) is 5. The molecule has 0 aliphatic carbocycles. The number of amides is 2. The topological polar surface area (TPSA) is 115 Å². The molecule has 0 saturated carbocycles. The molecule has 0 saturated heterocycles. The lowest BCUT2D eigenvalue weighted by Crippen LogP contribution is -2.19. The number of nitrogens with one attached hydrogen (secondary N) is 2. The molecule has 8 heteroatoms. The van der Waals surface area contributed by atoms with Gasteiger partial charge in [0.25, 0.3) is 0 Å². The molecule has 0 aliphatic rings. The summed E-state index contributed by atoms with van der Waals surface area (Å²) in [5.41, 5.74) is 6.55. The Balaban J connectivity index is 1.98. The number of nitrogens with zero attached hydrogens (tertiary/aromatic N) is 3. The molecule has 0 unspecified atom stereocenters. The van der Waals surface area contributed by atoms with Gasteiger partial charge in [0.1, 0.15) is 12.9 Å². The number of hydrogen-bond donors (Lipinski definition) is 3. The summed E-state index contributed by atoms with van der Waals surface area (Å²) in [5.74, 6) is -0.327. The van der Waals surface area contributed by atoms with Crippen molar-refractivity contribution >= 4 is 29.1 Å². The summed E-state index contributed by atoms with van der Waals surface area (Å²) in [6, 6.07) is 6.84. The second-order valence-electron chi connectivity index (χ2n) is 4.11. The largest absolute Gasteiger partial charge is 0.367 e. The second kappa shape index (κ2) is 5.83. The standard InChI is InChI=1S/C12H14N6O2/c1-8(19)15-9-3-2-4-10(5-9)16-11(20)6-18-7-14-12(13)17-18/h2-5,7H,6H2,1H3,(H2,13,17)(H,15,19)(H,16,20). The average molecular weight is 274 g/mol. The van der Waals surface area contributed by atoms with Gasteiger partial charge in [-0.3, -0.25) is 9.59 Å². The lowest BCUT2D eigenvalue weighted by Gasteiger charge is -2.07. The van der Waals surface area contributed by atoms with Gasteiger partial charge in [0.15, 0.2) is 0 Å². The summed E-state index contributed by atoms with van der Waals surface area (Å²) in [5, 5.41) is 9.15. The minimum Gasteiger partial charge on any atom is -0.367 e. The molecule has 0 radical (unpaired) electrons. The van der Waals surface area contributed by atoms with Crippen LogP contribution in [0.5, 0.6) is 0 Å². The summed E-state index contributed by atoms with van der Waals surface area (Å²) in [7, 11) is 0. The molecule has 1 heterocycles. The Hall–Kier alpha value is -2.90. The van der Waals surface area contributed by atoms with Gasteiger partial charge in [-0.25, -0.2) is 9.67 Å². The first-order valence-corrected chi connectivity index (χ1v) is 5.85. The molecule has 2 amide bonds. The highest BCUT2D eigenvalue weighted by molar-refractivity contribution is 5.93. The first kappa shape index (κ1) is 13.5. The first-order chi connectivity index (χ1) is 9.52. The molecule has 0 bridgehead atoms. The predicted molar refractivity (Wildman–Crippen MR) is 73.8 cm³/mol. The zero-order valence-electron chi connectivity index (χ0n) is 10.8.